The van der Waals surface area contributed by atoms with Crippen LogP contribution in [0.3, 0.4) is 0 Å². The molecule has 1 rings (SSSR count). The van der Waals surface area contributed by atoms with Crippen LogP contribution < -0.4 is 5.32 Å². The zero-order valence-electron chi connectivity index (χ0n) is 9.41. The van der Waals surface area contributed by atoms with Crippen molar-refractivity contribution in [3.05, 3.63) is 0 Å². The van der Waals surface area contributed by atoms with Crippen molar-refractivity contribution in [2.45, 2.75) is 32.7 Å². The van der Waals surface area contributed by atoms with E-state index in [1.807, 2.05) is 20.8 Å². The maximum atomic E-state index is 11.7. The van der Waals surface area contributed by atoms with Crippen molar-refractivity contribution in [1.82, 2.24) is 10.2 Å². The van der Waals surface area contributed by atoms with E-state index in [2.05, 4.69) is 5.32 Å². The first kappa shape index (κ1) is 11.8. The Bertz CT molecular complexity index is 270. The number of carboxylic acids is 1. The molecule has 1 atom stereocenters. The maximum Gasteiger partial charge on any atom is 0.317 e. The Labute approximate surface area is 89.4 Å². The van der Waals surface area contributed by atoms with Crippen molar-refractivity contribution in [2.24, 2.45) is 5.92 Å². The molecule has 0 radical (unpaired) electrons. The Morgan fingerprint density at radius 1 is 1.40 bits per heavy atom. The summed E-state index contributed by atoms with van der Waals surface area (Å²) in [6.45, 7) is 6.54. The van der Waals surface area contributed by atoms with E-state index in [4.69, 9.17) is 5.11 Å². The highest BCUT2D eigenvalue weighted by molar-refractivity contribution is 5.77. The number of urea groups is 1. The van der Waals surface area contributed by atoms with E-state index in [-0.39, 0.29) is 11.6 Å². The molecule has 1 fully saturated rings. The molecule has 0 saturated carbocycles. The largest absolute Gasteiger partial charge is 0.481 e. The lowest BCUT2D eigenvalue weighted by Crippen LogP contribution is -2.47. The van der Waals surface area contributed by atoms with Crippen LogP contribution in [0.5, 0.6) is 0 Å². The molecule has 15 heavy (non-hydrogen) atoms. The van der Waals surface area contributed by atoms with Crippen LogP contribution in [0.25, 0.3) is 0 Å². The van der Waals surface area contributed by atoms with E-state index in [9.17, 15) is 9.59 Å². The van der Waals surface area contributed by atoms with Gasteiger partial charge in [0.15, 0.2) is 0 Å². The lowest BCUT2D eigenvalue weighted by molar-refractivity contribution is -0.141. The van der Waals surface area contributed by atoms with Gasteiger partial charge in [-0.15, -0.1) is 0 Å². The summed E-state index contributed by atoms with van der Waals surface area (Å²) >= 11 is 0. The number of carbonyl (C=O) groups is 2. The number of nitrogens with zero attached hydrogens (tertiary/aromatic N) is 1. The first-order valence-electron chi connectivity index (χ1n) is 5.09. The smallest absolute Gasteiger partial charge is 0.317 e. The molecule has 86 valence electrons. The van der Waals surface area contributed by atoms with Gasteiger partial charge >= 0.3 is 12.0 Å². The van der Waals surface area contributed by atoms with Gasteiger partial charge in [0, 0.05) is 18.6 Å². The molecule has 1 aliphatic rings. The van der Waals surface area contributed by atoms with Crippen LogP contribution in [0.1, 0.15) is 27.2 Å². The minimum atomic E-state index is -0.818. The molecule has 0 aromatic heterocycles. The Kier molecular flexibility index (Phi) is 3.21. The van der Waals surface area contributed by atoms with Crippen LogP contribution in [-0.2, 0) is 4.79 Å². The molecule has 1 aliphatic heterocycles. The van der Waals surface area contributed by atoms with Crippen molar-refractivity contribution < 1.29 is 14.7 Å². The number of aliphatic carboxylic acids is 1. The van der Waals surface area contributed by atoms with Gasteiger partial charge in [-0.3, -0.25) is 4.79 Å². The molecule has 1 saturated heterocycles. The van der Waals surface area contributed by atoms with Gasteiger partial charge < -0.3 is 15.3 Å². The molecule has 0 spiro atoms. The summed E-state index contributed by atoms with van der Waals surface area (Å²) in [7, 11) is 0. The predicted molar refractivity (Wildman–Crippen MR) is 55.6 cm³/mol. The lowest BCUT2D eigenvalue weighted by atomic mass is 10.1. The number of likely N-dealkylation sites (tertiary alicyclic amines) is 1. The number of carboxylic acid groups (broad SMARTS) is 1. The van der Waals surface area contributed by atoms with Crippen molar-refractivity contribution in [2.75, 3.05) is 13.1 Å². The molecule has 0 aromatic carbocycles. The average molecular weight is 214 g/mol. The number of amides is 2. The molecular weight excluding hydrogens is 196 g/mol. The number of carbonyl (C=O) groups excluding carboxylic acids is 1. The van der Waals surface area contributed by atoms with Gasteiger partial charge in [0.2, 0.25) is 0 Å². The highest BCUT2D eigenvalue weighted by Gasteiger charge is 2.31. The third-order valence-electron chi connectivity index (χ3n) is 2.31. The van der Waals surface area contributed by atoms with E-state index in [1.54, 1.807) is 4.90 Å². The molecule has 0 aromatic rings. The van der Waals surface area contributed by atoms with E-state index in [0.29, 0.717) is 19.5 Å². The highest BCUT2D eigenvalue weighted by Crippen LogP contribution is 2.16. The Morgan fingerprint density at radius 3 is 2.40 bits per heavy atom. The van der Waals surface area contributed by atoms with Gasteiger partial charge in [-0.2, -0.15) is 0 Å². The molecule has 1 unspecified atom stereocenters. The van der Waals surface area contributed by atoms with Gasteiger partial charge in [-0.1, -0.05) is 0 Å². The van der Waals surface area contributed by atoms with Crippen LogP contribution in [0.15, 0.2) is 0 Å². The van der Waals surface area contributed by atoms with E-state index < -0.39 is 11.9 Å². The van der Waals surface area contributed by atoms with Crippen molar-refractivity contribution in [3.8, 4) is 0 Å². The van der Waals surface area contributed by atoms with Crippen LogP contribution in [-0.4, -0.2) is 40.6 Å². The number of rotatable bonds is 1. The molecule has 2 amide bonds. The van der Waals surface area contributed by atoms with Crippen molar-refractivity contribution in [1.29, 1.82) is 0 Å². The fourth-order valence-corrected chi connectivity index (χ4v) is 1.55. The summed E-state index contributed by atoms with van der Waals surface area (Å²) < 4.78 is 0. The molecule has 5 heteroatoms. The zero-order valence-corrected chi connectivity index (χ0v) is 9.41. The topological polar surface area (TPSA) is 69.6 Å². The van der Waals surface area contributed by atoms with Crippen molar-refractivity contribution >= 4 is 12.0 Å². The van der Waals surface area contributed by atoms with E-state index in [1.165, 1.54) is 0 Å². The van der Waals surface area contributed by atoms with Gasteiger partial charge in [-0.25, -0.2) is 4.79 Å². The molecule has 5 nitrogen and oxygen atoms in total. The van der Waals surface area contributed by atoms with Gasteiger partial charge in [0.25, 0.3) is 0 Å². The summed E-state index contributed by atoms with van der Waals surface area (Å²) in [6.07, 6.45) is 0.549. The Balaban J connectivity index is 2.47. The molecule has 0 aliphatic carbocycles. The standard InChI is InChI=1S/C10H18N2O3/c1-10(2,3)11-9(15)12-5-4-7(6-12)8(13)14/h7H,4-6H2,1-3H3,(H,11,15)(H,13,14). The molecular formula is C10H18N2O3. The summed E-state index contributed by atoms with van der Waals surface area (Å²) in [5, 5.41) is 11.6. The maximum absolute atomic E-state index is 11.7. The summed E-state index contributed by atoms with van der Waals surface area (Å²) in [4.78, 5) is 23.9. The number of hydrogen-bond donors (Lipinski definition) is 2. The fourth-order valence-electron chi connectivity index (χ4n) is 1.55. The summed E-state index contributed by atoms with van der Waals surface area (Å²) in [5.74, 6) is -1.23. The molecule has 1 heterocycles. The first-order chi connectivity index (χ1) is 6.79. The lowest BCUT2D eigenvalue weighted by Gasteiger charge is -2.25. The van der Waals surface area contributed by atoms with Crippen LogP contribution >= 0.6 is 0 Å². The van der Waals surface area contributed by atoms with E-state index in [0.717, 1.165) is 0 Å². The predicted octanol–water partition coefficient (Wildman–Crippen LogP) is 0.901. The minimum absolute atomic E-state index is 0.175. The molecule has 2 N–H and O–H groups in total. The summed E-state index contributed by atoms with van der Waals surface area (Å²) in [6, 6.07) is -0.175. The quantitative estimate of drug-likeness (QED) is 0.681. The number of nitrogens with one attached hydrogen (secondary N) is 1. The van der Waals surface area contributed by atoms with E-state index >= 15 is 0 Å². The molecule has 0 bridgehead atoms. The second-order valence-corrected chi connectivity index (χ2v) is 4.95. The van der Waals surface area contributed by atoms with Crippen LogP contribution in [0, 0.1) is 5.92 Å². The summed E-state index contributed by atoms with van der Waals surface area (Å²) in [5.41, 5.74) is -0.279. The van der Waals surface area contributed by atoms with Crippen LogP contribution in [0.4, 0.5) is 4.79 Å². The monoisotopic (exact) mass is 214 g/mol. The van der Waals surface area contributed by atoms with Crippen molar-refractivity contribution in [3.63, 3.8) is 0 Å². The minimum Gasteiger partial charge on any atom is -0.481 e. The van der Waals surface area contributed by atoms with Gasteiger partial charge in [0.05, 0.1) is 5.92 Å². The normalized spacial score (nSPS) is 21.5. The highest BCUT2D eigenvalue weighted by atomic mass is 16.4. The fraction of sp³-hybridized carbons (Fsp3) is 0.800. The third-order valence-corrected chi connectivity index (χ3v) is 2.31. The third kappa shape index (κ3) is 3.42. The Hall–Kier alpha value is -1.26. The second kappa shape index (κ2) is 4.08. The van der Waals surface area contributed by atoms with Gasteiger partial charge in [-0.05, 0) is 27.2 Å². The zero-order chi connectivity index (χ0) is 11.6. The second-order valence-electron chi connectivity index (χ2n) is 4.95. The van der Waals surface area contributed by atoms with Crippen LogP contribution in [0.2, 0.25) is 0 Å². The first-order valence-corrected chi connectivity index (χ1v) is 5.09. The average Bonchev–Trinajstić information content (AvgIpc) is 2.47. The Morgan fingerprint density at radius 2 is 2.00 bits per heavy atom. The number of hydrogen-bond acceptors (Lipinski definition) is 2. The SMILES string of the molecule is CC(C)(C)NC(=O)N1CCC(C(=O)O)C1. The van der Waals surface area contributed by atoms with Gasteiger partial charge in [0.1, 0.15) is 0 Å².